The van der Waals surface area contributed by atoms with Gasteiger partial charge in [0.1, 0.15) is 5.75 Å². The number of hydrogen-bond acceptors (Lipinski definition) is 2. The molecule has 112 valence electrons. The van der Waals surface area contributed by atoms with Gasteiger partial charge in [-0.15, -0.1) is 0 Å². The molecule has 0 spiro atoms. The molecule has 0 radical (unpaired) electrons. The summed E-state index contributed by atoms with van der Waals surface area (Å²) in [5, 5.41) is 0. The molecule has 1 aromatic heterocycles. The van der Waals surface area contributed by atoms with E-state index in [1.807, 2.05) is 35.3 Å². The highest BCUT2D eigenvalue weighted by Crippen LogP contribution is 2.30. The maximum absolute atomic E-state index is 6.06. The Bertz CT molecular complexity index is 615. The molecule has 0 unspecified atom stereocenters. The Balaban J connectivity index is 2.41. The van der Waals surface area contributed by atoms with E-state index in [0.717, 1.165) is 17.0 Å². The molecule has 0 aliphatic carbocycles. The second-order valence-corrected chi connectivity index (χ2v) is 6.66. The molecule has 2 rings (SSSR count). The van der Waals surface area contributed by atoms with Crippen molar-refractivity contribution in [2.45, 2.75) is 34.6 Å². The fourth-order valence-corrected chi connectivity index (χ4v) is 2.14. The lowest BCUT2D eigenvalue weighted by Crippen LogP contribution is -2.17. The van der Waals surface area contributed by atoms with Crippen LogP contribution in [0.5, 0.6) is 5.75 Å². The lowest BCUT2D eigenvalue weighted by atomic mass is 9.98. The Morgan fingerprint density at radius 3 is 2.48 bits per heavy atom. The Labute approximate surface area is 127 Å². The third-order valence-electron chi connectivity index (χ3n) is 3.04. The molecule has 1 heterocycles. The number of nitrogens with zero attached hydrogens (tertiary/aromatic N) is 2. The summed E-state index contributed by atoms with van der Waals surface area (Å²) in [7, 11) is 0. The predicted molar refractivity (Wildman–Crippen MR) is 87.3 cm³/mol. The molecule has 0 aliphatic rings. The summed E-state index contributed by atoms with van der Waals surface area (Å²) in [5.41, 5.74) is 3.57. The van der Waals surface area contributed by atoms with Crippen molar-refractivity contribution in [1.29, 1.82) is 0 Å². The van der Waals surface area contributed by atoms with Gasteiger partial charge in [-0.2, -0.15) is 0 Å². The van der Waals surface area contributed by atoms with Gasteiger partial charge in [-0.1, -0.05) is 38.5 Å². The van der Waals surface area contributed by atoms with Gasteiger partial charge in [0, 0.05) is 18.0 Å². The van der Waals surface area contributed by atoms with Crippen LogP contribution in [-0.2, 0) is 0 Å². The number of aromatic nitrogens is 2. The largest absolute Gasteiger partial charge is 0.492 e. The molecule has 21 heavy (non-hydrogen) atoms. The number of imidazole rings is 1. The summed E-state index contributed by atoms with van der Waals surface area (Å²) in [5.74, 6) is 0.914. The molecule has 3 nitrogen and oxygen atoms in total. The average molecular weight is 284 g/mol. The van der Waals surface area contributed by atoms with Crippen LogP contribution in [0.2, 0.25) is 0 Å². The first-order chi connectivity index (χ1) is 9.88. The molecular formula is C18H24N2O. The molecule has 0 N–H and O–H groups in total. The maximum Gasteiger partial charge on any atom is 0.128 e. The van der Waals surface area contributed by atoms with Crippen LogP contribution in [0.25, 0.3) is 5.70 Å². The van der Waals surface area contributed by atoms with Crippen LogP contribution in [0.4, 0.5) is 0 Å². The molecule has 0 atom stereocenters. The second-order valence-electron chi connectivity index (χ2n) is 6.66. The van der Waals surface area contributed by atoms with Crippen LogP contribution in [0.15, 0.2) is 48.6 Å². The van der Waals surface area contributed by atoms with E-state index in [0.29, 0.717) is 6.61 Å². The first-order valence-electron chi connectivity index (χ1n) is 7.26. The molecule has 2 aromatic rings. The SMILES string of the molecule is CC(C)=C(c1ccccc1OCC(C)(C)C)n1ccnc1. The Kier molecular flexibility index (Phi) is 4.51. The topological polar surface area (TPSA) is 27.1 Å². The smallest absolute Gasteiger partial charge is 0.128 e. The fourth-order valence-electron chi connectivity index (χ4n) is 2.14. The Morgan fingerprint density at radius 2 is 1.90 bits per heavy atom. The van der Waals surface area contributed by atoms with Crippen molar-refractivity contribution >= 4 is 5.70 Å². The van der Waals surface area contributed by atoms with Crippen LogP contribution in [0.1, 0.15) is 40.2 Å². The molecule has 0 fully saturated rings. The summed E-state index contributed by atoms with van der Waals surface area (Å²) in [6.07, 6.45) is 5.58. The van der Waals surface area contributed by atoms with E-state index in [9.17, 15) is 0 Å². The van der Waals surface area contributed by atoms with Crippen molar-refractivity contribution in [2.24, 2.45) is 5.41 Å². The molecule has 0 aliphatic heterocycles. The van der Waals surface area contributed by atoms with Crippen LogP contribution >= 0.6 is 0 Å². The van der Waals surface area contributed by atoms with Crippen LogP contribution in [-0.4, -0.2) is 16.2 Å². The third-order valence-corrected chi connectivity index (χ3v) is 3.04. The van der Waals surface area contributed by atoms with E-state index in [-0.39, 0.29) is 5.41 Å². The van der Waals surface area contributed by atoms with Crippen molar-refractivity contribution in [1.82, 2.24) is 9.55 Å². The van der Waals surface area contributed by atoms with E-state index in [1.54, 1.807) is 6.20 Å². The van der Waals surface area contributed by atoms with Gasteiger partial charge in [0.25, 0.3) is 0 Å². The molecule has 3 heteroatoms. The molecular weight excluding hydrogens is 260 g/mol. The minimum absolute atomic E-state index is 0.132. The molecule has 0 saturated carbocycles. The molecule has 0 amide bonds. The zero-order valence-electron chi connectivity index (χ0n) is 13.6. The summed E-state index contributed by atoms with van der Waals surface area (Å²) in [6.45, 7) is 11.4. The Hall–Kier alpha value is -2.03. The standard InChI is InChI=1S/C18H24N2O/c1-14(2)17(20-11-10-19-13-20)15-8-6-7-9-16(15)21-12-18(3,4)5/h6-11,13H,12H2,1-5H3. The van der Waals surface area contributed by atoms with Gasteiger partial charge in [0.05, 0.1) is 18.6 Å². The number of ether oxygens (including phenoxy) is 1. The highest BCUT2D eigenvalue weighted by atomic mass is 16.5. The van der Waals surface area contributed by atoms with Gasteiger partial charge in [-0.25, -0.2) is 4.98 Å². The minimum atomic E-state index is 0.132. The van der Waals surface area contributed by atoms with Crippen LogP contribution < -0.4 is 4.74 Å². The van der Waals surface area contributed by atoms with Gasteiger partial charge in [-0.05, 0) is 31.4 Å². The first kappa shape index (κ1) is 15.4. The normalized spacial score (nSPS) is 11.3. The lowest BCUT2D eigenvalue weighted by Gasteiger charge is -2.21. The van der Waals surface area contributed by atoms with Gasteiger partial charge < -0.3 is 9.30 Å². The van der Waals surface area contributed by atoms with Gasteiger partial charge in [-0.3, -0.25) is 0 Å². The van der Waals surface area contributed by atoms with E-state index in [2.05, 4.69) is 45.7 Å². The van der Waals surface area contributed by atoms with E-state index >= 15 is 0 Å². The molecule has 0 bridgehead atoms. The highest BCUT2D eigenvalue weighted by molar-refractivity contribution is 5.72. The van der Waals surface area contributed by atoms with Crippen molar-refractivity contribution < 1.29 is 4.74 Å². The van der Waals surface area contributed by atoms with Crippen molar-refractivity contribution in [3.63, 3.8) is 0 Å². The van der Waals surface area contributed by atoms with Gasteiger partial charge in [0.15, 0.2) is 0 Å². The molecule has 0 saturated heterocycles. The van der Waals surface area contributed by atoms with Crippen molar-refractivity contribution in [3.05, 3.63) is 54.1 Å². The number of rotatable bonds is 4. The van der Waals surface area contributed by atoms with Crippen molar-refractivity contribution in [2.75, 3.05) is 6.61 Å². The van der Waals surface area contributed by atoms with E-state index < -0.39 is 0 Å². The number of benzene rings is 1. The zero-order chi connectivity index (χ0) is 15.5. The number of hydrogen-bond donors (Lipinski definition) is 0. The summed E-state index contributed by atoms with van der Waals surface area (Å²) < 4.78 is 8.10. The monoisotopic (exact) mass is 284 g/mol. The number of para-hydroxylation sites is 1. The average Bonchev–Trinajstić information content (AvgIpc) is 2.90. The van der Waals surface area contributed by atoms with Gasteiger partial charge >= 0.3 is 0 Å². The molecule has 1 aromatic carbocycles. The van der Waals surface area contributed by atoms with Crippen molar-refractivity contribution in [3.8, 4) is 5.75 Å². The minimum Gasteiger partial charge on any atom is -0.492 e. The predicted octanol–water partition coefficient (Wildman–Crippen LogP) is 4.61. The summed E-state index contributed by atoms with van der Waals surface area (Å²) in [6, 6.07) is 8.18. The third kappa shape index (κ3) is 3.97. The highest BCUT2D eigenvalue weighted by Gasteiger charge is 2.15. The maximum atomic E-state index is 6.06. The quantitative estimate of drug-likeness (QED) is 0.820. The number of allylic oxidation sites excluding steroid dienone is 1. The van der Waals surface area contributed by atoms with Gasteiger partial charge in [0.2, 0.25) is 0 Å². The van der Waals surface area contributed by atoms with E-state index in [4.69, 9.17) is 4.74 Å². The fraction of sp³-hybridized carbons (Fsp3) is 0.389. The zero-order valence-corrected chi connectivity index (χ0v) is 13.6. The Morgan fingerprint density at radius 1 is 1.19 bits per heavy atom. The van der Waals surface area contributed by atoms with E-state index in [1.165, 1.54) is 5.57 Å². The second kappa shape index (κ2) is 6.17. The lowest BCUT2D eigenvalue weighted by molar-refractivity contribution is 0.197. The summed E-state index contributed by atoms with van der Waals surface area (Å²) >= 11 is 0. The van der Waals surface area contributed by atoms with Crippen LogP contribution in [0, 0.1) is 5.41 Å². The summed E-state index contributed by atoms with van der Waals surface area (Å²) in [4.78, 5) is 4.15. The first-order valence-corrected chi connectivity index (χ1v) is 7.26. The van der Waals surface area contributed by atoms with Crippen LogP contribution in [0.3, 0.4) is 0 Å².